The summed E-state index contributed by atoms with van der Waals surface area (Å²) in [6.45, 7) is 3.49. The van der Waals surface area contributed by atoms with E-state index in [-0.39, 0.29) is 24.2 Å². The number of aromatic nitrogens is 1. The summed E-state index contributed by atoms with van der Waals surface area (Å²) in [4.78, 5) is 29.6. The van der Waals surface area contributed by atoms with Gasteiger partial charge in [0.1, 0.15) is 18.4 Å². The summed E-state index contributed by atoms with van der Waals surface area (Å²) in [5.41, 5.74) is 2.25. The van der Waals surface area contributed by atoms with E-state index in [1.165, 1.54) is 12.1 Å². The maximum absolute atomic E-state index is 14.8. The van der Waals surface area contributed by atoms with Gasteiger partial charge in [0.25, 0.3) is 0 Å². The Balaban J connectivity index is 1.56. The molecule has 6 heteroatoms. The molecule has 5 nitrogen and oxygen atoms in total. The van der Waals surface area contributed by atoms with Crippen molar-refractivity contribution in [3.8, 4) is 0 Å². The molecule has 3 aromatic rings. The first kappa shape index (κ1) is 22.5. The van der Waals surface area contributed by atoms with Gasteiger partial charge in [-0.1, -0.05) is 55.5 Å². The van der Waals surface area contributed by atoms with Gasteiger partial charge in [0.15, 0.2) is 0 Å². The maximum Gasteiger partial charge on any atom is 0.247 e. The quantitative estimate of drug-likeness (QED) is 0.503. The predicted molar refractivity (Wildman–Crippen MR) is 127 cm³/mol. The Morgan fingerprint density at radius 1 is 1.03 bits per heavy atom. The zero-order valence-electron chi connectivity index (χ0n) is 18.7. The highest BCUT2D eigenvalue weighted by Gasteiger charge is 2.34. The van der Waals surface area contributed by atoms with Crippen molar-refractivity contribution in [2.45, 2.75) is 25.9 Å². The lowest BCUT2D eigenvalue weighted by Gasteiger charge is -2.38. The number of carbonyl (C=O) groups is 2. The lowest BCUT2D eigenvalue weighted by molar-refractivity contribution is -0.140. The van der Waals surface area contributed by atoms with Crippen LogP contribution in [0.25, 0.3) is 6.08 Å². The summed E-state index contributed by atoms with van der Waals surface area (Å²) < 4.78 is 16.8. The molecule has 1 aliphatic rings. The van der Waals surface area contributed by atoms with Gasteiger partial charge >= 0.3 is 0 Å². The van der Waals surface area contributed by atoms with Crippen molar-refractivity contribution in [2.75, 3.05) is 19.6 Å². The Bertz CT molecular complexity index is 1140. The number of halogens is 1. The molecular formula is C27H28FN3O2. The van der Waals surface area contributed by atoms with Crippen molar-refractivity contribution < 1.29 is 14.0 Å². The first-order valence-corrected chi connectivity index (χ1v) is 11.3. The van der Waals surface area contributed by atoms with Gasteiger partial charge in [-0.2, -0.15) is 0 Å². The molecule has 1 aromatic heterocycles. The van der Waals surface area contributed by atoms with E-state index in [0.29, 0.717) is 25.2 Å². The van der Waals surface area contributed by atoms with E-state index in [1.807, 2.05) is 55.6 Å². The van der Waals surface area contributed by atoms with Gasteiger partial charge in [-0.3, -0.25) is 9.59 Å². The summed E-state index contributed by atoms with van der Waals surface area (Å²) in [7, 11) is 0. The van der Waals surface area contributed by atoms with Crippen molar-refractivity contribution in [1.29, 1.82) is 0 Å². The van der Waals surface area contributed by atoms with Gasteiger partial charge in [0.05, 0.1) is 0 Å². The lowest BCUT2D eigenvalue weighted by Crippen LogP contribution is -2.48. The van der Waals surface area contributed by atoms with Crippen molar-refractivity contribution in [2.24, 2.45) is 0 Å². The third-order valence-corrected chi connectivity index (χ3v) is 5.91. The summed E-state index contributed by atoms with van der Waals surface area (Å²) in [6, 6.07) is 19.5. The predicted octanol–water partition coefficient (Wildman–Crippen LogP) is 4.51. The first-order chi connectivity index (χ1) is 16.1. The van der Waals surface area contributed by atoms with E-state index in [1.54, 1.807) is 34.1 Å². The highest BCUT2D eigenvalue weighted by Crippen LogP contribution is 2.33. The van der Waals surface area contributed by atoms with Crippen LogP contribution in [-0.4, -0.2) is 45.8 Å². The van der Waals surface area contributed by atoms with Gasteiger partial charge in [-0.15, -0.1) is 0 Å². The van der Waals surface area contributed by atoms with Crippen LogP contribution in [0.2, 0.25) is 0 Å². The maximum atomic E-state index is 14.8. The Hall–Kier alpha value is -3.67. The molecule has 2 amide bonds. The van der Waals surface area contributed by atoms with E-state index < -0.39 is 6.04 Å². The number of carbonyl (C=O) groups excluding carboxylic acids is 2. The molecular weight excluding hydrogens is 417 g/mol. The number of benzene rings is 2. The molecule has 1 aliphatic heterocycles. The number of rotatable bonds is 7. The zero-order chi connectivity index (χ0) is 23.2. The fourth-order valence-corrected chi connectivity index (χ4v) is 4.30. The molecule has 0 saturated heterocycles. The minimum Gasteiger partial charge on any atom is -0.348 e. The van der Waals surface area contributed by atoms with Gasteiger partial charge in [-0.05, 0) is 36.3 Å². The number of fused-ring (bicyclic) bond motifs is 1. The second-order valence-electron chi connectivity index (χ2n) is 8.14. The molecule has 0 saturated carbocycles. The van der Waals surface area contributed by atoms with Crippen LogP contribution in [0.1, 0.15) is 36.2 Å². The van der Waals surface area contributed by atoms with E-state index >= 15 is 0 Å². The largest absolute Gasteiger partial charge is 0.348 e. The number of hydrogen-bond donors (Lipinski definition) is 0. The van der Waals surface area contributed by atoms with Crippen molar-refractivity contribution >= 4 is 17.9 Å². The molecule has 170 valence electrons. The topological polar surface area (TPSA) is 45.6 Å². The average molecular weight is 446 g/mol. The van der Waals surface area contributed by atoms with Crippen LogP contribution in [-0.2, 0) is 16.1 Å². The molecule has 0 bridgehead atoms. The molecule has 0 unspecified atom stereocenters. The molecule has 2 aromatic carbocycles. The Labute approximate surface area is 193 Å². The van der Waals surface area contributed by atoms with E-state index in [0.717, 1.165) is 17.7 Å². The van der Waals surface area contributed by atoms with E-state index in [2.05, 4.69) is 4.57 Å². The Morgan fingerprint density at radius 3 is 2.55 bits per heavy atom. The van der Waals surface area contributed by atoms with Crippen LogP contribution in [0.5, 0.6) is 0 Å². The standard InChI is InChI=1S/C27H28FN3O2/c1-2-16-30(25(32)15-14-21-9-4-3-5-10-21)20-26(33)31-19-18-29-17-8-13-24(29)27(31)22-11-6-7-12-23(22)28/h3-15,17,27H,2,16,18-20H2,1H3/b15-14+/t27-/m0/s1. The van der Waals surface area contributed by atoms with Gasteiger partial charge < -0.3 is 14.4 Å². The smallest absolute Gasteiger partial charge is 0.247 e. The van der Waals surface area contributed by atoms with Crippen LogP contribution in [0.15, 0.2) is 79.0 Å². The Kier molecular flexibility index (Phi) is 7.03. The fourth-order valence-electron chi connectivity index (χ4n) is 4.30. The van der Waals surface area contributed by atoms with Gasteiger partial charge in [-0.25, -0.2) is 4.39 Å². The normalized spacial score (nSPS) is 15.5. The number of nitrogens with zero attached hydrogens (tertiary/aromatic N) is 3. The lowest BCUT2D eigenvalue weighted by atomic mass is 9.99. The van der Waals surface area contributed by atoms with Gasteiger partial charge in [0, 0.05) is 43.2 Å². The zero-order valence-corrected chi connectivity index (χ0v) is 18.7. The molecule has 0 aliphatic carbocycles. The first-order valence-electron chi connectivity index (χ1n) is 11.3. The molecule has 2 heterocycles. The van der Waals surface area contributed by atoms with E-state index in [9.17, 15) is 14.0 Å². The van der Waals surface area contributed by atoms with Crippen molar-refractivity contribution in [3.05, 3.63) is 102 Å². The van der Waals surface area contributed by atoms with Crippen molar-refractivity contribution in [1.82, 2.24) is 14.4 Å². The third kappa shape index (κ3) is 5.06. The number of amides is 2. The summed E-state index contributed by atoms with van der Waals surface area (Å²) in [5, 5.41) is 0. The molecule has 0 N–H and O–H groups in total. The average Bonchev–Trinajstić information content (AvgIpc) is 3.32. The van der Waals surface area contributed by atoms with Crippen molar-refractivity contribution in [3.63, 3.8) is 0 Å². The van der Waals surface area contributed by atoms with E-state index in [4.69, 9.17) is 0 Å². The minimum atomic E-state index is -0.527. The Morgan fingerprint density at radius 2 is 1.79 bits per heavy atom. The highest BCUT2D eigenvalue weighted by atomic mass is 19.1. The second-order valence-corrected chi connectivity index (χ2v) is 8.14. The van der Waals surface area contributed by atoms with Crippen LogP contribution in [0, 0.1) is 5.82 Å². The minimum absolute atomic E-state index is 0.0442. The van der Waals surface area contributed by atoms with Crippen LogP contribution >= 0.6 is 0 Å². The SMILES string of the molecule is CCCN(CC(=O)N1CCn2cccc2[C@@H]1c1ccccc1F)C(=O)/C=C/c1ccccc1. The summed E-state index contributed by atoms with van der Waals surface area (Å²) >= 11 is 0. The summed E-state index contributed by atoms with van der Waals surface area (Å²) in [5.74, 6) is -0.746. The monoisotopic (exact) mass is 445 g/mol. The number of hydrogen-bond acceptors (Lipinski definition) is 2. The molecule has 1 atom stereocenters. The third-order valence-electron chi connectivity index (χ3n) is 5.91. The molecule has 0 fully saturated rings. The molecule has 0 radical (unpaired) electrons. The molecule has 33 heavy (non-hydrogen) atoms. The van der Waals surface area contributed by atoms with Gasteiger partial charge in [0.2, 0.25) is 11.8 Å². The molecule has 4 rings (SSSR count). The summed E-state index contributed by atoms with van der Waals surface area (Å²) in [6.07, 6.45) is 5.95. The second kappa shape index (κ2) is 10.3. The molecule has 0 spiro atoms. The van der Waals surface area contributed by atoms with Crippen LogP contribution in [0.4, 0.5) is 4.39 Å². The van der Waals surface area contributed by atoms with Crippen LogP contribution < -0.4 is 0 Å². The highest BCUT2D eigenvalue weighted by molar-refractivity contribution is 5.94. The fraction of sp³-hybridized carbons (Fsp3) is 0.259. The van der Waals surface area contributed by atoms with Crippen LogP contribution in [0.3, 0.4) is 0 Å².